The molecule has 0 bridgehead atoms. The van der Waals surface area contributed by atoms with Gasteiger partial charge in [0.05, 0.1) is 6.04 Å². The number of carbonyl (C=O) groups is 1. The van der Waals surface area contributed by atoms with Gasteiger partial charge in [0.2, 0.25) is 0 Å². The highest BCUT2D eigenvalue weighted by atomic mass is 16.1. The molecule has 0 aromatic heterocycles. The molecule has 1 unspecified atom stereocenters. The summed E-state index contributed by atoms with van der Waals surface area (Å²) < 4.78 is 0. The maximum absolute atomic E-state index is 11.7. The molecule has 0 radical (unpaired) electrons. The lowest BCUT2D eigenvalue weighted by Gasteiger charge is -2.09. The van der Waals surface area contributed by atoms with E-state index in [4.69, 9.17) is 12.2 Å². The van der Waals surface area contributed by atoms with Crippen molar-refractivity contribution in [3.05, 3.63) is 35.4 Å². The first-order valence-electron chi connectivity index (χ1n) is 5.85. The molecular weight excluding hydrogens is 210 g/mol. The molecule has 1 aromatic carbocycles. The van der Waals surface area contributed by atoms with E-state index in [-0.39, 0.29) is 5.78 Å². The Labute approximate surface area is 103 Å². The standard InChI is InChI=1S/C15H19NO/c1-4-5-14(16)15(17)10-12-6-8-13(9-7-12)11(2)3/h1,6-9,11,14H,5,10,16H2,2-3H3. The molecule has 0 heterocycles. The lowest BCUT2D eigenvalue weighted by atomic mass is 9.98. The van der Waals surface area contributed by atoms with Crippen LogP contribution in [0.1, 0.15) is 37.3 Å². The van der Waals surface area contributed by atoms with Crippen LogP contribution in [0.4, 0.5) is 0 Å². The molecule has 1 rings (SSSR count). The van der Waals surface area contributed by atoms with E-state index in [1.165, 1.54) is 5.56 Å². The zero-order chi connectivity index (χ0) is 12.8. The molecule has 1 atom stereocenters. The quantitative estimate of drug-likeness (QED) is 0.787. The predicted molar refractivity (Wildman–Crippen MR) is 70.7 cm³/mol. The predicted octanol–water partition coefficient (Wildman–Crippen LogP) is 2.27. The second-order valence-electron chi connectivity index (χ2n) is 4.55. The average molecular weight is 229 g/mol. The highest BCUT2D eigenvalue weighted by Gasteiger charge is 2.12. The molecule has 17 heavy (non-hydrogen) atoms. The van der Waals surface area contributed by atoms with E-state index in [2.05, 4.69) is 31.9 Å². The Morgan fingerprint density at radius 2 is 1.94 bits per heavy atom. The van der Waals surface area contributed by atoms with Crippen LogP contribution in [0.5, 0.6) is 0 Å². The van der Waals surface area contributed by atoms with E-state index >= 15 is 0 Å². The van der Waals surface area contributed by atoms with Crippen LogP contribution in [0.2, 0.25) is 0 Å². The van der Waals surface area contributed by atoms with E-state index in [0.29, 0.717) is 18.8 Å². The molecule has 0 spiro atoms. The summed E-state index contributed by atoms with van der Waals surface area (Å²) in [5.74, 6) is 2.92. The summed E-state index contributed by atoms with van der Waals surface area (Å²) in [6, 6.07) is 7.54. The normalized spacial score (nSPS) is 12.2. The summed E-state index contributed by atoms with van der Waals surface area (Å²) in [4.78, 5) is 11.7. The first-order chi connectivity index (χ1) is 8.04. The summed E-state index contributed by atoms with van der Waals surface area (Å²) in [5, 5.41) is 0. The SMILES string of the molecule is C#CCC(N)C(=O)Cc1ccc(C(C)C)cc1. The number of Topliss-reactive ketones (excluding diaryl/α,β-unsaturated/α-hetero) is 1. The smallest absolute Gasteiger partial charge is 0.154 e. The van der Waals surface area contributed by atoms with Crippen molar-refractivity contribution in [1.82, 2.24) is 0 Å². The van der Waals surface area contributed by atoms with Crippen molar-refractivity contribution in [3.8, 4) is 12.3 Å². The van der Waals surface area contributed by atoms with Gasteiger partial charge in [-0.15, -0.1) is 12.3 Å². The highest BCUT2D eigenvalue weighted by molar-refractivity contribution is 5.86. The van der Waals surface area contributed by atoms with Crippen molar-refractivity contribution >= 4 is 5.78 Å². The van der Waals surface area contributed by atoms with Gasteiger partial charge in [-0.3, -0.25) is 4.79 Å². The summed E-state index contributed by atoms with van der Waals surface area (Å²) >= 11 is 0. The second-order valence-corrected chi connectivity index (χ2v) is 4.55. The van der Waals surface area contributed by atoms with Crippen LogP contribution in [0.25, 0.3) is 0 Å². The lowest BCUT2D eigenvalue weighted by Crippen LogP contribution is -2.31. The van der Waals surface area contributed by atoms with E-state index in [1.54, 1.807) is 0 Å². The van der Waals surface area contributed by atoms with Gasteiger partial charge in [-0.1, -0.05) is 38.1 Å². The molecule has 2 nitrogen and oxygen atoms in total. The third-order valence-electron chi connectivity index (χ3n) is 2.78. The number of rotatable bonds is 5. The largest absolute Gasteiger partial charge is 0.321 e. The van der Waals surface area contributed by atoms with Gasteiger partial charge >= 0.3 is 0 Å². The van der Waals surface area contributed by atoms with Gasteiger partial charge in [0.1, 0.15) is 0 Å². The number of benzene rings is 1. The van der Waals surface area contributed by atoms with Crippen molar-refractivity contribution < 1.29 is 4.79 Å². The minimum atomic E-state index is -0.537. The molecule has 0 aliphatic rings. The molecule has 2 heteroatoms. The Morgan fingerprint density at radius 3 is 2.41 bits per heavy atom. The molecule has 0 amide bonds. The van der Waals surface area contributed by atoms with Crippen molar-refractivity contribution in [3.63, 3.8) is 0 Å². The molecule has 90 valence electrons. The van der Waals surface area contributed by atoms with Gasteiger partial charge in [-0.05, 0) is 17.0 Å². The van der Waals surface area contributed by atoms with Crippen LogP contribution >= 0.6 is 0 Å². The number of nitrogens with two attached hydrogens (primary N) is 1. The van der Waals surface area contributed by atoms with Crippen molar-refractivity contribution in [2.75, 3.05) is 0 Å². The fourth-order valence-corrected chi connectivity index (χ4v) is 1.59. The van der Waals surface area contributed by atoms with E-state index in [0.717, 1.165) is 5.56 Å². The maximum atomic E-state index is 11.7. The van der Waals surface area contributed by atoms with Gasteiger partial charge in [0, 0.05) is 12.8 Å². The summed E-state index contributed by atoms with van der Waals surface area (Å²) in [7, 11) is 0. The third kappa shape index (κ3) is 4.05. The number of hydrogen-bond donors (Lipinski definition) is 1. The monoisotopic (exact) mass is 229 g/mol. The topological polar surface area (TPSA) is 43.1 Å². The fourth-order valence-electron chi connectivity index (χ4n) is 1.59. The minimum absolute atomic E-state index is 0.000229. The molecule has 0 saturated carbocycles. The molecule has 0 aliphatic heterocycles. The van der Waals surface area contributed by atoms with Gasteiger partial charge < -0.3 is 5.73 Å². The van der Waals surface area contributed by atoms with Gasteiger partial charge in [-0.25, -0.2) is 0 Å². The fraction of sp³-hybridized carbons (Fsp3) is 0.400. The molecule has 2 N–H and O–H groups in total. The summed E-state index contributed by atoms with van der Waals surface area (Å²) in [6.45, 7) is 4.28. The maximum Gasteiger partial charge on any atom is 0.154 e. The zero-order valence-electron chi connectivity index (χ0n) is 10.4. The van der Waals surface area contributed by atoms with Crippen LogP contribution in [0, 0.1) is 12.3 Å². The van der Waals surface area contributed by atoms with E-state index < -0.39 is 6.04 Å². The van der Waals surface area contributed by atoms with Crippen LogP contribution in [0.15, 0.2) is 24.3 Å². The van der Waals surface area contributed by atoms with Gasteiger partial charge in [-0.2, -0.15) is 0 Å². The molecule has 1 aromatic rings. The number of carbonyl (C=O) groups excluding carboxylic acids is 1. The summed E-state index contributed by atoms with van der Waals surface area (Å²) in [6.07, 6.45) is 5.80. The van der Waals surface area contributed by atoms with Crippen LogP contribution < -0.4 is 5.73 Å². The molecular formula is C15H19NO. The Morgan fingerprint density at radius 1 is 1.35 bits per heavy atom. The van der Waals surface area contributed by atoms with Crippen molar-refractivity contribution in [2.24, 2.45) is 5.73 Å². The highest BCUT2D eigenvalue weighted by Crippen LogP contribution is 2.15. The first kappa shape index (κ1) is 13.5. The number of hydrogen-bond acceptors (Lipinski definition) is 2. The average Bonchev–Trinajstić information content (AvgIpc) is 2.30. The van der Waals surface area contributed by atoms with Gasteiger partial charge in [0.15, 0.2) is 5.78 Å². The van der Waals surface area contributed by atoms with E-state index in [9.17, 15) is 4.79 Å². The van der Waals surface area contributed by atoms with Crippen LogP contribution in [-0.2, 0) is 11.2 Å². The Hall–Kier alpha value is -1.59. The third-order valence-corrected chi connectivity index (χ3v) is 2.78. The Kier molecular flexibility index (Phi) is 4.93. The van der Waals surface area contributed by atoms with E-state index in [1.807, 2.05) is 12.1 Å². The molecule has 0 fully saturated rings. The Bertz CT molecular complexity index is 412. The summed E-state index contributed by atoms with van der Waals surface area (Å²) in [5.41, 5.74) is 7.93. The minimum Gasteiger partial charge on any atom is -0.321 e. The zero-order valence-corrected chi connectivity index (χ0v) is 10.4. The van der Waals surface area contributed by atoms with Crippen LogP contribution in [-0.4, -0.2) is 11.8 Å². The molecule has 0 aliphatic carbocycles. The number of ketones is 1. The van der Waals surface area contributed by atoms with Gasteiger partial charge in [0.25, 0.3) is 0 Å². The first-order valence-corrected chi connectivity index (χ1v) is 5.85. The van der Waals surface area contributed by atoms with Crippen molar-refractivity contribution in [1.29, 1.82) is 0 Å². The van der Waals surface area contributed by atoms with Crippen molar-refractivity contribution in [2.45, 2.75) is 38.6 Å². The van der Waals surface area contributed by atoms with Crippen LogP contribution in [0.3, 0.4) is 0 Å². The lowest BCUT2D eigenvalue weighted by molar-refractivity contribution is -0.119. The number of terminal acetylenes is 1. The second kappa shape index (κ2) is 6.22. The molecule has 0 saturated heterocycles. The Balaban J connectivity index is 2.64.